The third-order valence-electron chi connectivity index (χ3n) is 7.27. The molecule has 2 fully saturated rings. The molecule has 3 aromatic rings. The summed E-state index contributed by atoms with van der Waals surface area (Å²) in [6.07, 6.45) is 1.99. The first kappa shape index (κ1) is 25.7. The van der Waals surface area contributed by atoms with Crippen LogP contribution in [-0.4, -0.2) is 52.5 Å². The Morgan fingerprint density at radius 3 is 2.61 bits per heavy atom. The molecular weight excluding hydrogens is 494 g/mol. The van der Waals surface area contributed by atoms with E-state index in [0.29, 0.717) is 43.7 Å². The van der Waals surface area contributed by atoms with Crippen molar-refractivity contribution in [3.63, 3.8) is 0 Å². The number of hydrogen-bond acceptors (Lipinski definition) is 6. The molecule has 11 heteroatoms. The number of anilines is 1. The van der Waals surface area contributed by atoms with Gasteiger partial charge in [-0.15, -0.1) is 0 Å². The summed E-state index contributed by atoms with van der Waals surface area (Å²) < 4.78 is 34.8. The number of amides is 2. The number of carbonyl (C=O) groups excluding carboxylic acids is 2. The van der Waals surface area contributed by atoms with E-state index in [1.165, 1.54) is 19.2 Å². The molecule has 5 rings (SSSR count). The van der Waals surface area contributed by atoms with Gasteiger partial charge < -0.3 is 21.5 Å². The van der Waals surface area contributed by atoms with Crippen molar-refractivity contribution >= 4 is 17.6 Å². The van der Waals surface area contributed by atoms with Gasteiger partial charge in [-0.2, -0.15) is 5.10 Å². The molecule has 2 aromatic carbocycles. The molecule has 0 bridgehead atoms. The standard InChI is InChI=1S/C27H30F2N6O3/c1-38-21-7-6-19(28)12-20(21)26(37)32-13-16-2-4-18(5-3-16)23-22(25(31)36)24(30)35(33-23)15-17-8-11-34(14-17)27(29)9-10-27/h2-7,12,17H,8-11,13-15,30H2,1H3,(H2,31,36)(H,32,37)/t17-/m1/s1. The number of benzene rings is 2. The summed E-state index contributed by atoms with van der Waals surface area (Å²) >= 11 is 0. The zero-order valence-corrected chi connectivity index (χ0v) is 21.0. The Balaban J connectivity index is 1.28. The van der Waals surface area contributed by atoms with Crippen molar-refractivity contribution in [3.05, 3.63) is 65.0 Å². The van der Waals surface area contributed by atoms with E-state index in [4.69, 9.17) is 16.2 Å². The Morgan fingerprint density at radius 2 is 1.95 bits per heavy atom. The van der Waals surface area contributed by atoms with Crippen LogP contribution in [0.25, 0.3) is 11.3 Å². The van der Waals surface area contributed by atoms with Crippen LogP contribution in [0, 0.1) is 11.7 Å². The third kappa shape index (κ3) is 5.06. The van der Waals surface area contributed by atoms with Gasteiger partial charge in [-0.05, 0) is 48.9 Å². The van der Waals surface area contributed by atoms with Gasteiger partial charge in [-0.25, -0.2) is 13.5 Å². The number of nitrogen functional groups attached to an aromatic ring is 1. The number of alkyl halides is 1. The normalized spacial score (nSPS) is 18.3. The van der Waals surface area contributed by atoms with Gasteiger partial charge in [0.25, 0.3) is 11.8 Å². The predicted molar refractivity (Wildman–Crippen MR) is 137 cm³/mol. The molecule has 1 aliphatic heterocycles. The quantitative estimate of drug-likeness (QED) is 0.369. The van der Waals surface area contributed by atoms with Crippen LogP contribution in [0.5, 0.6) is 5.75 Å². The molecule has 200 valence electrons. The molecule has 1 aromatic heterocycles. The second kappa shape index (κ2) is 10.1. The molecule has 0 radical (unpaired) electrons. The maximum atomic E-state index is 14.4. The van der Waals surface area contributed by atoms with Crippen LogP contribution in [0.4, 0.5) is 14.6 Å². The molecule has 1 saturated heterocycles. The Kier molecular flexibility index (Phi) is 6.78. The first-order chi connectivity index (χ1) is 18.2. The molecule has 2 aliphatic rings. The molecule has 38 heavy (non-hydrogen) atoms. The molecule has 9 nitrogen and oxygen atoms in total. The molecule has 2 heterocycles. The summed E-state index contributed by atoms with van der Waals surface area (Å²) in [5.41, 5.74) is 14.0. The van der Waals surface area contributed by atoms with Gasteiger partial charge >= 0.3 is 0 Å². The van der Waals surface area contributed by atoms with E-state index in [0.717, 1.165) is 18.1 Å². The molecule has 0 spiro atoms. The van der Waals surface area contributed by atoms with Crippen molar-refractivity contribution in [3.8, 4) is 17.0 Å². The number of rotatable bonds is 9. The van der Waals surface area contributed by atoms with E-state index in [2.05, 4.69) is 10.4 Å². The van der Waals surface area contributed by atoms with Gasteiger partial charge in [-0.1, -0.05) is 24.3 Å². The molecule has 1 saturated carbocycles. The van der Waals surface area contributed by atoms with Gasteiger partial charge in [0.05, 0.1) is 12.7 Å². The van der Waals surface area contributed by atoms with Crippen LogP contribution in [0.15, 0.2) is 42.5 Å². The number of likely N-dealkylation sites (tertiary alicyclic amines) is 1. The average Bonchev–Trinajstić information content (AvgIpc) is 3.32. The highest BCUT2D eigenvalue weighted by Gasteiger charge is 2.50. The zero-order chi connectivity index (χ0) is 27.0. The predicted octanol–water partition coefficient (Wildman–Crippen LogP) is 3.09. The van der Waals surface area contributed by atoms with Gasteiger partial charge in [0.15, 0.2) is 5.79 Å². The van der Waals surface area contributed by atoms with E-state index in [9.17, 15) is 18.4 Å². The van der Waals surface area contributed by atoms with Crippen molar-refractivity contribution in [1.82, 2.24) is 20.0 Å². The van der Waals surface area contributed by atoms with Crippen LogP contribution in [0.1, 0.15) is 45.5 Å². The van der Waals surface area contributed by atoms with E-state index < -0.39 is 23.4 Å². The molecule has 1 atom stereocenters. The van der Waals surface area contributed by atoms with Crippen molar-refractivity contribution in [2.24, 2.45) is 11.7 Å². The first-order valence-corrected chi connectivity index (χ1v) is 12.5. The number of primary amides is 1. The van der Waals surface area contributed by atoms with Crippen molar-refractivity contribution in [2.45, 2.75) is 38.1 Å². The SMILES string of the molecule is COc1ccc(F)cc1C(=O)NCc1ccc(-c2nn(C[C@@H]3CCN(C4(F)CC4)C3)c(N)c2C(N)=O)cc1. The number of aromatic nitrogens is 2. The van der Waals surface area contributed by atoms with Gasteiger partial charge in [0.2, 0.25) is 0 Å². The molecule has 5 N–H and O–H groups in total. The summed E-state index contributed by atoms with van der Waals surface area (Å²) in [5, 5.41) is 7.35. The minimum Gasteiger partial charge on any atom is -0.496 e. The topological polar surface area (TPSA) is 128 Å². The summed E-state index contributed by atoms with van der Waals surface area (Å²) in [6.45, 7) is 1.97. The molecule has 0 unspecified atom stereocenters. The monoisotopic (exact) mass is 524 g/mol. The highest BCUT2D eigenvalue weighted by Crippen LogP contribution is 2.45. The lowest BCUT2D eigenvalue weighted by atomic mass is 10.0. The molecule has 1 aliphatic carbocycles. The Bertz CT molecular complexity index is 1370. The van der Waals surface area contributed by atoms with Gasteiger partial charge in [0.1, 0.15) is 28.6 Å². The van der Waals surface area contributed by atoms with Crippen molar-refractivity contribution < 1.29 is 23.1 Å². The maximum absolute atomic E-state index is 14.4. The van der Waals surface area contributed by atoms with Crippen molar-refractivity contribution in [1.29, 1.82) is 0 Å². The zero-order valence-electron chi connectivity index (χ0n) is 21.0. The largest absolute Gasteiger partial charge is 0.496 e. The highest BCUT2D eigenvalue weighted by molar-refractivity contribution is 6.03. The summed E-state index contributed by atoms with van der Waals surface area (Å²) in [6, 6.07) is 10.8. The van der Waals surface area contributed by atoms with Crippen LogP contribution in [0.2, 0.25) is 0 Å². The minimum atomic E-state index is -1.15. The number of nitrogens with two attached hydrogens (primary N) is 2. The number of methoxy groups -OCH3 is 1. The fourth-order valence-corrected chi connectivity index (χ4v) is 4.98. The minimum absolute atomic E-state index is 0.0976. The third-order valence-corrected chi connectivity index (χ3v) is 7.27. The second-order valence-electron chi connectivity index (χ2n) is 9.90. The van der Waals surface area contributed by atoms with Crippen LogP contribution < -0.4 is 21.5 Å². The second-order valence-corrected chi connectivity index (χ2v) is 9.90. The fourth-order valence-electron chi connectivity index (χ4n) is 4.98. The van der Waals surface area contributed by atoms with E-state index in [1.807, 2.05) is 4.90 Å². The smallest absolute Gasteiger partial charge is 0.255 e. The lowest BCUT2D eigenvalue weighted by Crippen LogP contribution is -2.32. The average molecular weight is 525 g/mol. The lowest BCUT2D eigenvalue weighted by Gasteiger charge is -2.20. The Morgan fingerprint density at radius 1 is 1.21 bits per heavy atom. The van der Waals surface area contributed by atoms with E-state index in [-0.39, 0.29) is 35.2 Å². The summed E-state index contributed by atoms with van der Waals surface area (Å²) in [7, 11) is 1.41. The van der Waals surface area contributed by atoms with E-state index >= 15 is 0 Å². The number of ether oxygens (including phenoxy) is 1. The Labute approximate surface area is 218 Å². The summed E-state index contributed by atoms with van der Waals surface area (Å²) in [5.74, 6) is -2.22. The number of carbonyl (C=O) groups is 2. The number of nitrogens with one attached hydrogen (secondary N) is 1. The fraction of sp³-hybridized carbons (Fsp3) is 0.370. The van der Waals surface area contributed by atoms with E-state index in [1.54, 1.807) is 28.9 Å². The maximum Gasteiger partial charge on any atom is 0.255 e. The van der Waals surface area contributed by atoms with Crippen molar-refractivity contribution in [2.75, 3.05) is 25.9 Å². The first-order valence-electron chi connectivity index (χ1n) is 12.5. The summed E-state index contributed by atoms with van der Waals surface area (Å²) in [4.78, 5) is 26.7. The number of nitrogens with zero attached hydrogens (tertiary/aromatic N) is 3. The highest BCUT2D eigenvalue weighted by atomic mass is 19.1. The van der Waals surface area contributed by atoms with Gasteiger partial charge in [0, 0.05) is 31.7 Å². The number of halogens is 2. The van der Waals surface area contributed by atoms with Crippen LogP contribution in [0.3, 0.4) is 0 Å². The van der Waals surface area contributed by atoms with Gasteiger partial charge in [-0.3, -0.25) is 14.5 Å². The van der Waals surface area contributed by atoms with Crippen LogP contribution in [-0.2, 0) is 13.1 Å². The lowest BCUT2D eigenvalue weighted by molar-refractivity contribution is 0.0777. The molecular formula is C27H30F2N6O3. The molecule has 2 amide bonds. The van der Waals surface area contributed by atoms with Crippen LogP contribution >= 0.6 is 0 Å². The number of hydrogen-bond donors (Lipinski definition) is 3. The Hall–Kier alpha value is -3.99.